The normalized spacial score (nSPS) is 23.8. The molecule has 1 saturated heterocycles. The molecule has 9 heteroatoms. The Balaban J connectivity index is 1.42. The number of imide groups is 1. The number of carbonyl (C=O) groups excluding carboxylic acids is 5. The van der Waals surface area contributed by atoms with Crippen molar-refractivity contribution in [1.29, 1.82) is 0 Å². The van der Waals surface area contributed by atoms with E-state index in [2.05, 4.69) is 5.32 Å². The van der Waals surface area contributed by atoms with E-state index in [0.29, 0.717) is 12.8 Å². The van der Waals surface area contributed by atoms with Crippen LogP contribution in [0.25, 0.3) is 0 Å². The van der Waals surface area contributed by atoms with Crippen molar-refractivity contribution in [2.24, 2.45) is 11.8 Å². The van der Waals surface area contributed by atoms with Gasteiger partial charge in [-0.2, -0.15) is 0 Å². The number of carbonyl (C=O) groups is 5. The number of hydrogen-bond donors (Lipinski definition) is 1. The molecular weight excluding hydrogens is 354 g/mol. The minimum atomic E-state index is -0.826. The molecule has 0 bridgehead atoms. The maximum absolute atomic E-state index is 12.3. The summed E-state index contributed by atoms with van der Waals surface area (Å²) in [6.07, 6.45) is 6.61. The van der Waals surface area contributed by atoms with Crippen LogP contribution in [0.15, 0.2) is 12.2 Å². The van der Waals surface area contributed by atoms with Crippen LogP contribution in [0.3, 0.4) is 0 Å². The fourth-order valence-electron chi connectivity index (χ4n) is 3.26. The van der Waals surface area contributed by atoms with E-state index in [-0.39, 0.29) is 30.3 Å². The highest BCUT2D eigenvalue weighted by molar-refractivity contribution is 6.07. The molecule has 0 radical (unpaired) electrons. The smallest absolute Gasteiger partial charge is 0.326 e. The van der Waals surface area contributed by atoms with Crippen LogP contribution in [0.1, 0.15) is 25.7 Å². The van der Waals surface area contributed by atoms with Gasteiger partial charge in [0.1, 0.15) is 6.54 Å². The Bertz CT molecular complexity index is 673. The lowest BCUT2D eigenvalue weighted by molar-refractivity contribution is -0.156. The van der Waals surface area contributed by atoms with Gasteiger partial charge in [0.15, 0.2) is 6.61 Å². The summed E-state index contributed by atoms with van der Waals surface area (Å²) in [5.41, 5.74) is 0. The number of amides is 4. The largest absolute Gasteiger partial charge is 0.454 e. The lowest BCUT2D eigenvalue weighted by atomic mass is 9.85. The number of likely N-dealkylation sites (N-methyl/N-ethyl adjacent to an activating group) is 1. The van der Waals surface area contributed by atoms with Gasteiger partial charge in [0, 0.05) is 13.1 Å². The summed E-state index contributed by atoms with van der Waals surface area (Å²) >= 11 is 0. The maximum Gasteiger partial charge on any atom is 0.326 e. The standard InChI is InChI=1S/C18H23N3O6/c1-20(8-14(22)19-11-6-7-11)15(23)10-27-16(24)9-21-17(25)12-4-2-3-5-13(12)18(21)26/h2-3,11-13H,4-10H2,1H3,(H,19,22)/t12-,13-/m0/s1. The van der Waals surface area contributed by atoms with Crippen LogP contribution in [-0.2, 0) is 28.7 Å². The quantitative estimate of drug-likeness (QED) is 0.354. The Kier molecular flexibility index (Phi) is 5.57. The topological polar surface area (TPSA) is 113 Å². The minimum Gasteiger partial charge on any atom is -0.454 e. The van der Waals surface area contributed by atoms with Crippen LogP contribution in [0.2, 0.25) is 0 Å². The average Bonchev–Trinajstić information content (AvgIpc) is 3.42. The highest BCUT2D eigenvalue weighted by atomic mass is 16.5. The summed E-state index contributed by atoms with van der Waals surface area (Å²) in [5.74, 6) is -3.18. The Labute approximate surface area is 156 Å². The van der Waals surface area contributed by atoms with Crippen LogP contribution in [-0.4, -0.2) is 72.2 Å². The Hall–Kier alpha value is -2.71. The lowest BCUT2D eigenvalue weighted by Gasteiger charge is -2.17. The molecule has 0 unspecified atom stereocenters. The number of hydrogen-bond acceptors (Lipinski definition) is 6. The zero-order valence-electron chi connectivity index (χ0n) is 15.2. The second-order valence-electron chi connectivity index (χ2n) is 7.17. The van der Waals surface area contributed by atoms with Gasteiger partial charge in [-0.1, -0.05) is 12.2 Å². The van der Waals surface area contributed by atoms with E-state index in [0.717, 1.165) is 22.6 Å². The van der Waals surface area contributed by atoms with Gasteiger partial charge in [0.05, 0.1) is 18.4 Å². The summed E-state index contributed by atoms with van der Waals surface area (Å²) in [4.78, 5) is 62.3. The van der Waals surface area contributed by atoms with Crippen molar-refractivity contribution >= 4 is 29.6 Å². The van der Waals surface area contributed by atoms with Crippen molar-refractivity contribution in [3.8, 4) is 0 Å². The molecule has 3 rings (SSSR count). The predicted octanol–water partition coefficient (Wildman–Crippen LogP) is -0.782. The Morgan fingerprint density at radius 2 is 1.74 bits per heavy atom. The molecule has 0 aromatic rings. The van der Waals surface area contributed by atoms with Gasteiger partial charge in [0.25, 0.3) is 5.91 Å². The predicted molar refractivity (Wildman–Crippen MR) is 91.8 cm³/mol. The highest BCUT2D eigenvalue weighted by Gasteiger charge is 2.47. The molecule has 0 aromatic carbocycles. The van der Waals surface area contributed by atoms with Crippen LogP contribution in [0, 0.1) is 11.8 Å². The van der Waals surface area contributed by atoms with Crippen LogP contribution >= 0.6 is 0 Å². The second-order valence-corrected chi connectivity index (χ2v) is 7.17. The number of nitrogens with zero attached hydrogens (tertiary/aromatic N) is 2. The van der Waals surface area contributed by atoms with Crippen molar-refractivity contribution in [1.82, 2.24) is 15.1 Å². The molecule has 2 atom stereocenters. The van der Waals surface area contributed by atoms with E-state index in [1.54, 1.807) is 0 Å². The fourth-order valence-corrected chi connectivity index (χ4v) is 3.26. The molecule has 9 nitrogen and oxygen atoms in total. The average molecular weight is 377 g/mol. The lowest BCUT2D eigenvalue weighted by Crippen LogP contribution is -2.41. The summed E-state index contributed by atoms with van der Waals surface area (Å²) in [7, 11) is 1.44. The van der Waals surface area contributed by atoms with E-state index in [1.165, 1.54) is 7.05 Å². The van der Waals surface area contributed by atoms with Gasteiger partial charge in [-0.25, -0.2) is 0 Å². The first-order valence-electron chi connectivity index (χ1n) is 9.06. The number of ether oxygens (including phenoxy) is 1. The van der Waals surface area contributed by atoms with Crippen molar-refractivity contribution in [3.63, 3.8) is 0 Å². The molecule has 3 aliphatic rings. The van der Waals surface area contributed by atoms with Crippen molar-refractivity contribution in [3.05, 3.63) is 12.2 Å². The SMILES string of the molecule is CN(CC(=O)NC1CC1)C(=O)COC(=O)CN1C(=O)[C@H]2CC=CC[C@@H]2C1=O. The maximum atomic E-state index is 12.3. The Morgan fingerprint density at radius 1 is 1.15 bits per heavy atom. The molecule has 146 valence electrons. The van der Waals surface area contributed by atoms with Gasteiger partial charge < -0.3 is 15.0 Å². The van der Waals surface area contributed by atoms with Gasteiger partial charge in [-0.3, -0.25) is 28.9 Å². The number of esters is 1. The minimum absolute atomic E-state index is 0.119. The molecule has 27 heavy (non-hydrogen) atoms. The van der Waals surface area contributed by atoms with E-state index >= 15 is 0 Å². The summed E-state index contributed by atoms with van der Waals surface area (Å²) < 4.78 is 4.89. The molecule has 0 spiro atoms. The van der Waals surface area contributed by atoms with Crippen molar-refractivity contribution in [2.75, 3.05) is 26.7 Å². The van der Waals surface area contributed by atoms with Gasteiger partial charge >= 0.3 is 5.97 Å². The first-order chi connectivity index (χ1) is 12.9. The summed E-state index contributed by atoms with van der Waals surface area (Å²) in [5, 5.41) is 2.76. The third-order valence-electron chi connectivity index (χ3n) is 4.99. The third-order valence-corrected chi connectivity index (χ3v) is 4.99. The molecule has 2 fully saturated rings. The second kappa shape index (κ2) is 7.89. The summed E-state index contributed by atoms with van der Waals surface area (Å²) in [6.45, 7) is -1.16. The zero-order valence-corrected chi connectivity index (χ0v) is 15.2. The molecule has 1 saturated carbocycles. The number of fused-ring (bicyclic) bond motifs is 1. The zero-order chi connectivity index (χ0) is 19.6. The number of allylic oxidation sites excluding steroid dienone is 2. The third kappa shape index (κ3) is 4.53. The summed E-state index contributed by atoms with van der Waals surface area (Å²) in [6, 6.07) is 0.202. The van der Waals surface area contributed by atoms with Crippen molar-refractivity contribution in [2.45, 2.75) is 31.7 Å². The van der Waals surface area contributed by atoms with E-state index in [9.17, 15) is 24.0 Å². The number of rotatable bonds is 7. The first-order valence-corrected chi connectivity index (χ1v) is 9.06. The molecular formula is C18H23N3O6. The number of likely N-dealkylation sites (tertiary alicyclic amines) is 1. The highest BCUT2D eigenvalue weighted by Crippen LogP contribution is 2.34. The molecule has 0 aromatic heterocycles. The van der Waals surface area contributed by atoms with Crippen molar-refractivity contribution < 1.29 is 28.7 Å². The number of nitrogens with one attached hydrogen (secondary N) is 1. The van der Waals surface area contributed by atoms with E-state index in [4.69, 9.17) is 4.74 Å². The Morgan fingerprint density at radius 3 is 2.30 bits per heavy atom. The van der Waals surface area contributed by atoms with E-state index in [1.807, 2.05) is 12.2 Å². The van der Waals surface area contributed by atoms with Gasteiger partial charge in [-0.05, 0) is 25.7 Å². The molecule has 1 heterocycles. The van der Waals surface area contributed by atoms with Crippen LogP contribution in [0.4, 0.5) is 0 Å². The molecule has 4 amide bonds. The monoisotopic (exact) mass is 377 g/mol. The fraction of sp³-hybridized carbons (Fsp3) is 0.611. The molecule has 1 aliphatic heterocycles. The van der Waals surface area contributed by atoms with E-state index < -0.39 is 36.9 Å². The van der Waals surface area contributed by atoms with Crippen LogP contribution < -0.4 is 5.32 Å². The van der Waals surface area contributed by atoms with Gasteiger partial charge in [-0.15, -0.1) is 0 Å². The first kappa shape index (κ1) is 19.1. The molecule has 2 aliphatic carbocycles. The molecule has 1 N–H and O–H groups in total. The van der Waals surface area contributed by atoms with Crippen LogP contribution in [0.5, 0.6) is 0 Å². The van der Waals surface area contributed by atoms with Gasteiger partial charge in [0.2, 0.25) is 17.7 Å².